The van der Waals surface area contributed by atoms with Gasteiger partial charge in [-0.15, -0.1) is 0 Å². The van der Waals surface area contributed by atoms with Crippen LogP contribution in [0.4, 0.5) is 0 Å². The van der Waals surface area contributed by atoms with Gasteiger partial charge in [-0.3, -0.25) is 4.79 Å². The Morgan fingerprint density at radius 2 is 1.61 bits per heavy atom. The van der Waals surface area contributed by atoms with Crippen LogP contribution < -0.4 is 14.8 Å². The molecule has 1 amide bonds. The van der Waals surface area contributed by atoms with Crippen molar-refractivity contribution in [3.05, 3.63) is 94.5 Å². The molecule has 6 nitrogen and oxygen atoms in total. The first-order chi connectivity index (χ1) is 14.9. The summed E-state index contributed by atoms with van der Waals surface area (Å²) in [5, 5.41) is 2.82. The molecule has 1 atom stereocenters. The number of carbonyl (C=O) groups is 1. The van der Waals surface area contributed by atoms with Gasteiger partial charge in [0, 0.05) is 16.6 Å². The molecule has 0 spiro atoms. The lowest BCUT2D eigenvalue weighted by molar-refractivity contribution is -0.122. The lowest BCUT2D eigenvalue weighted by Gasteiger charge is -2.19. The van der Waals surface area contributed by atoms with Crippen molar-refractivity contribution in [1.82, 2.24) is 10.0 Å². The van der Waals surface area contributed by atoms with Gasteiger partial charge in [-0.1, -0.05) is 64.5 Å². The molecule has 0 fully saturated rings. The number of rotatable bonds is 9. The minimum Gasteiger partial charge on any atom is -0.496 e. The van der Waals surface area contributed by atoms with Gasteiger partial charge < -0.3 is 10.1 Å². The monoisotopic (exact) mass is 502 g/mol. The van der Waals surface area contributed by atoms with Crippen LogP contribution in [0, 0.1) is 0 Å². The lowest BCUT2D eigenvalue weighted by atomic mass is 10.1. The van der Waals surface area contributed by atoms with Crippen LogP contribution in [-0.2, 0) is 27.8 Å². The Kier molecular flexibility index (Phi) is 7.84. The summed E-state index contributed by atoms with van der Waals surface area (Å²) < 4.78 is 34.4. The second-order valence-corrected chi connectivity index (χ2v) is 9.48. The van der Waals surface area contributed by atoms with E-state index in [9.17, 15) is 13.2 Å². The van der Waals surface area contributed by atoms with Gasteiger partial charge in [-0.05, 0) is 42.3 Å². The van der Waals surface area contributed by atoms with E-state index < -0.39 is 22.0 Å². The maximum atomic E-state index is 13.0. The number of hydrogen-bond donors (Lipinski definition) is 2. The minimum absolute atomic E-state index is 0.0892. The van der Waals surface area contributed by atoms with E-state index >= 15 is 0 Å². The molecule has 0 unspecified atom stereocenters. The van der Waals surface area contributed by atoms with Gasteiger partial charge in [0.2, 0.25) is 15.9 Å². The summed E-state index contributed by atoms with van der Waals surface area (Å²) in [6, 6.07) is 21.9. The molecular weight excluding hydrogens is 480 g/mol. The van der Waals surface area contributed by atoms with Gasteiger partial charge in [0.1, 0.15) is 11.8 Å². The van der Waals surface area contributed by atoms with Crippen molar-refractivity contribution >= 4 is 31.9 Å². The molecule has 3 rings (SSSR count). The first-order valence-electron chi connectivity index (χ1n) is 9.60. The summed E-state index contributed by atoms with van der Waals surface area (Å²) in [5.74, 6) is 0.230. The third-order valence-corrected chi connectivity index (χ3v) is 6.68. The number of ether oxygens (including phenoxy) is 1. The summed E-state index contributed by atoms with van der Waals surface area (Å²) in [4.78, 5) is 13.1. The Morgan fingerprint density at radius 3 is 2.29 bits per heavy atom. The molecule has 0 heterocycles. The topological polar surface area (TPSA) is 84.5 Å². The number of sulfonamides is 1. The van der Waals surface area contributed by atoms with Gasteiger partial charge in [0.15, 0.2) is 0 Å². The molecule has 0 aliphatic rings. The molecule has 0 saturated carbocycles. The van der Waals surface area contributed by atoms with Crippen LogP contribution >= 0.6 is 15.9 Å². The van der Waals surface area contributed by atoms with Crippen molar-refractivity contribution in [2.24, 2.45) is 0 Å². The summed E-state index contributed by atoms with van der Waals surface area (Å²) in [6.45, 7) is 0.216. The number of carbonyl (C=O) groups excluding carboxylic acids is 1. The molecule has 3 aromatic rings. The van der Waals surface area contributed by atoms with Crippen molar-refractivity contribution in [2.45, 2.75) is 23.9 Å². The maximum absolute atomic E-state index is 13.0. The van der Waals surface area contributed by atoms with Gasteiger partial charge >= 0.3 is 0 Å². The van der Waals surface area contributed by atoms with E-state index in [0.29, 0.717) is 5.75 Å². The predicted octanol–water partition coefficient (Wildman–Crippen LogP) is 3.66. The SMILES string of the molecule is COc1ccccc1CNC(=O)[C@@H](Cc1ccccc1)NS(=O)(=O)c1ccc(Br)cc1. The molecule has 2 N–H and O–H groups in total. The quantitative estimate of drug-likeness (QED) is 0.467. The van der Waals surface area contributed by atoms with Gasteiger partial charge in [-0.25, -0.2) is 8.42 Å². The van der Waals surface area contributed by atoms with E-state index in [-0.39, 0.29) is 17.9 Å². The number of amides is 1. The fourth-order valence-corrected chi connectivity index (χ4v) is 4.52. The third kappa shape index (κ3) is 6.40. The number of hydrogen-bond acceptors (Lipinski definition) is 4. The molecule has 0 bridgehead atoms. The number of para-hydroxylation sites is 1. The van der Waals surface area contributed by atoms with E-state index in [4.69, 9.17) is 4.74 Å². The Hall–Kier alpha value is -2.68. The van der Waals surface area contributed by atoms with Crippen LogP contribution in [0.2, 0.25) is 0 Å². The smallest absolute Gasteiger partial charge is 0.241 e. The lowest BCUT2D eigenvalue weighted by Crippen LogP contribution is -2.47. The summed E-state index contributed by atoms with van der Waals surface area (Å²) in [6.07, 6.45) is 0.217. The highest BCUT2D eigenvalue weighted by Crippen LogP contribution is 2.18. The normalized spacial score (nSPS) is 12.2. The molecule has 8 heteroatoms. The molecule has 0 aliphatic heterocycles. The first-order valence-corrected chi connectivity index (χ1v) is 11.9. The van der Waals surface area contributed by atoms with Crippen LogP contribution in [-0.4, -0.2) is 27.5 Å². The van der Waals surface area contributed by atoms with Crippen LogP contribution in [0.1, 0.15) is 11.1 Å². The van der Waals surface area contributed by atoms with E-state index in [0.717, 1.165) is 15.6 Å². The van der Waals surface area contributed by atoms with Crippen molar-refractivity contribution < 1.29 is 17.9 Å². The molecule has 0 aliphatic carbocycles. The maximum Gasteiger partial charge on any atom is 0.241 e. The standard InChI is InChI=1S/C23H23BrN2O4S/c1-30-22-10-6-5-9-18(22)16-25-23(27)21(15-17-7-3-2-4-8-17)26-31(28,29)20-13-11-19(24)12-14-20/h2-14,21,26H,15-16H2,1H3,(H,25,27)/t21-/m1/s1. The summed E-state index contributed by atoms with van der Waals surface area (Å²) in [7, 11) is -2.33. The highest BCUT2D eigenvalue weighted by atomic mass is 79.9. The van der Waals surface area contributed by atoms with Crippen molar-refractivity contribution in [2.75, 3.05) is 7.11 Å². The first kappa shape index (κ1) is 23.0. The number of halogens is 1. The Morgan fingerprint density at radius 1 is 0.968 bits per heavy atom. The third-order valence-electron chi connectivity index (χ3n) is 4.67. The van der Waals surface area contributed by atoms with Crippen LogP contribution in [0.3, 0.4) is 0 Å². The molecule has 0 radical (unpaired) electrons. The van der Waals surface area contributed by atoms with Crippen molar-refractivity contribution in [3.8, 4) is 5.75 Å². The van der Waals surface area contributed by atoms with E-state index in [1.54, 1.807) is 25.3 Å². The fraction of sp³-hybridized carbons (Fsp3) is 0.174. The Balaban J connectivity index is 1.80. The zero-order valence-corrected chi connectivity index (χ0v) is 19.3. The van der Waals surface area contributed by atoms with Crippen LogP contribution in [0.15, 0.2) is 88.2 Å². The number of methoxy groups -OCH3 is 1. The highest BCUT2D eigenvalue weighted by Gasteiger charge is 2.26. The molecule has 31 heavy (non-hydrogen) atoms. The molecule has 0 saturated heterocycles. The Labute approximate surface area is 190 Å². The second-order valence-electron chi connectivity index (χ2n) is 6.85. The van der Waals surface area contributed by atoms with E-state index in [1.165, 1.54) is 12.1 Å². The minimum atomic E-state index is -3.89. The van der Waals surface area contributed by atoms with Crippen molar-refractivity contribution in [1.29, 1.82) is 0 Å². The van der Waals surface area contributed by atoms with Crippen molar-refractivity contribution in [3.63, 3.8) is 0 Å². The average Bonchev–Trinajstić information content (AvgIpc) is 2.78. The summed E-state index contributed by atoms with van der Waals surface area (Å²) in [5.41, 5.74) is 1.64. The molecular formula is C23H23BrN2O4S. The largest absolute Gasteiger partial charge is 0.496 e. The number of nitrogens with one attached hydrogen (secondary N) is 2. The van der Waals surface area contributed by atoms with E-state index in [2.05, 4.69) is 26.0 Å². The highest BCUT2D eigenvalue weighted by molar-refractivity contribution is 9.10. The van der Waals surface area contributed by atoms with Gasteiger partial charge in [0.05, 0.1) is 12.0 Å². The zero-order chi connectivity index (χ0) is 22.3. The molecule has 3 aromatic carbocycles. The van der Waals surface area contributed by atoms with E-state index in [1.807, 2.05) is 48.5 Å². The van der Waals surface area contributed by atoms with Gasteiger partial charge in [-0.2, -0.15) is 4.72 Å². The van der Waals surface area contributed by atoms with Gasteiger partial charge in [0.25, 0.3) is 0 Å². The number of benzene rings is 3. The van der Waals surface area contributed by atoms with Crippen LogP contribution in [0.25, 0.3) is 0 Å². The zero-order valence-electron chi connectivity index (χ0n) is 16.9. The molecule has 0 aromatic heterocycles. The molecule has 162 valence electrons. The predicted molar refractivity (Wildman–Crippen MR) is 123 cm³/mol. The van der Waals surface area contributed by atoms with Crippen LogP contribution in [0.5, 0.6) is 5.75 Å². The fourth-order valence-electron chi connectivity index (χ4n) is 3.06. The average molecular weight is 503 g/mol. The summed E-state index contributed by atoms with van der Waals surface area (Å²) >= 11 is 3.30. The second kappa shape index (κ2) is 10.6. The Bertz CT molecular complexity index is 1120.